The zero-order chi connectivity index (χ0) is 13.7. The molecule has 0 amide bonds. The van der Waals surface area contributed by atoms with E-state index in [2.05, 4.69) is 15.5 Å². The SMILES string of the molecule is CCOc1ccc(C=NNc2nc(N)cs2)cc1C. The molecule has 0 saturated heterocycles. The summed E-state index contributed by atoms with van der Waals surface area (Å²) < 4.78 is 5.49. The molecule has 1 aromatic heterocycles. The number of thiazole rings is 1. The van der Waals surface area contributed by atoms with Gasteiger partial charge in [-0.1, -0.05) is 0 Å². The first-order chi connectivity index (χ1) is 9.19. The van der Waals surface area contributed by atoms with Gasteiger partial charge in [0, 0.05) is 5.38 Å². The van der Waals surface area contributed by atoms with Gasteiger partial charge in [0.25, 0.3) is 0 Å². The summed E-state index contributed by atoms with van der Waals surface area (Å²) in [5, 5.41) is 6.56. The molecular weight excluding hydrogens is 260 g/mol. The summed E-state index contributed by atoms with van der Waals surface area (Å²) in [5.74, 6) is 1.40. The molecule has 0 saturated carbocycles. The third-order valence-electron chi connectivity index (χ3n) is 2.39. The van der Waals surface area contributed by atoms with E-state index in [9.17, 15) is 0 Å². The molecule has 3 N–H and O–H groups in total. The van der Waals surface area contributed by atoms with Crippen molar-refractivity contribution in [3.63, 3.8) is 0 Å². The first-order valence-corrected chi connectivity index (χ1v) is 6.80. The van der Waals surface area contributed by atoms with Crippen LogP contribution in [0.2, 0.25) is 0 Å². The second kappa shape index (κ2) is 6.19. The van der Waals surface area contributed by atoms with Crippen molar-refractivity contribution in [3.8, 4) is 5.75 Å². The largest absolute Gasteiger partial charge is 0.494 e. The van der Waals surface area contributed by atoms with E-state index in [4.69, 9.17) is 10.5 Å². The van der Waals surface area contributed by atoms with E-state index in [-0.39, 0.29) is 0 Å². The number of nitrogens with one attached hydrogen (secondary N) is 1. The average Bonchev–Trinajstić information content (AvgIpc) is 2.79. The van der Waals surface area contributed by atoms with Crippen LogP contribution in [0.15, 0.2) is 28.7 Å². The zero-order valence-corrected chi connectivity index (χ0v) is 11.7. The molecule has 0 spiro atoms. The van der Waals surface area contributed by atoms with Crippen LogP contribution in [0.1, 0.15) is 18.1 Å². The Kier molecular flexibility index (Phi) is 4.35. The highest BCUT2D eigenvalue weighted by atomic mass is 32.1. The molecule has 0 aliphatic rings. The van der Waals surface area contributed by atoms with Gasteiger partial charge in [-0.05, 0) is 43.2 Å². The Bertz CT molecular complexity index is 580. The van der Waals surface area contributed by atoms with Crippen LogP contribution in [0.25, 0.3) is 0 Å². The minimum absolute atomic E-state index is 0.500. The quantitative estimate of drug-likeness (QED) is 0.650. The Labute approximate surface area is 116 Å². The highest BCUT2D eigenvalue weighted by Gasteiger charge is 1.99. The molecule has 19 heavy (non-hydrogen) atoms. The summed E-state index contributed by atoms with van der Waals surface area (Å²) in [4.78, 5) is 4.05. The lowest BCUT2D eigenvalue weighted by Gasteiger charge is -2.06. The Morgan fingerprint density at radius 3 is 3.00 bits per heavy atom. The number of benzene rings is 1. The van der Waals surface area contributed by atoms with Crippen molar-refractivity contribution in [2.45, 2.75) is 13.8 Å². The molecule has 0 bridgehead atoms. The van der Waals surface area contributed by atoms with Crippen molar-refractivity contribution in [1.29, 1.82) is 0 Å². The lowest BCUT2D eigenvalue weighted by molar-refractivity contribution is 0.338. The number of nitrogens with zero attached hydrogens (tertiary/aromatic N) is 2. The monoisotopic (exact) mass is 276 g/mol. The molecule has 6 heteroatoms. The van der Waals surface area contributed by atoms with Crippen molar-refractivity contribution in [3.05, 3.63) is 34.7 Å². The van der Waals surface area contributed by atoms with Crippen molar-refractivity contribution in [2.75, 3.05) is 17.8 Å². The van der Waals surface area contributed by atoms with E-state index < -0.39 is 0 Å². The maximum atomic E-state index is 5.52. The summed E-state index contributed by atoms with van der Waals surface area (Å²) in [6.07, 6.45) is 1.74. The van der Waals surface area contributed by atoms with Gasteiger partial charge in [0.15, 0.2) is 0 Å². The van der Waals surface area contributed by atoms with Gasteiger partial charge in [-0.15, -0.1) is 11.3 Å². The summed E-state index contributed by atoms with van der Waals surface area (Å²) in [6.45, 7) is 4.65. The summed E-state index contributed by atoms with van der Waals surface area (Å²) >= 11 is 1.42. The van der Waals surface area contributed by atoms with Gasteiger partial charge in [0.05, 0.1) is 12.8 Å². The van der Waals surface area contributed by atoms with Crippen LogP contribution in [-0.2, 0) is 0 Å². The van der Waals surface area contributed by atoms with E-state index in [1.807, 2.05) is 32.0 Å². The minimum atomic E-state index is 0.500. The van der Waals surface area contributed by atoms with Crippen molar-refractivity contribution in [2.24, 2.45) is 5.10 Å². The molecule has 100 valence electrons. The van der Waals surface area contributed by atoms with Crippen LogP contribution in [0.3, 0.4) is 0 Å². The predicted octanol–water partition coefficient (Wildman–Crippen LogP) is 2.88. The predicted molar refractivity (Wildman–Crippen MR) is 80.1 cm³/mol. The zero-order valence-electron chi connectivity index (χ0n) is 10.9. The van der Waals surface area contributed by atoms with Gasteiger partial charge in [-0.2, -0.15) is 5.10 Å². The topological polar surface area (TPSA) is 72.5 Å². The van der Waals surface area contributed by atoms with Crippen molar-refractivity contribution in [1.82, 2.24) is 4.98 Å². The molecule has 0 unspecified atom stereocenters. The van der Waals surface area contributed by atoms with Crippen LogP contribution < -0.4 is 15.9 Å². The van der Waals surface area contributed by atoms with E-state index in [1.165, 1.54) is 11.3 Å². The second-order valence-electron chi connectivity index (χ2n) is 3.91. The minimum Gasteiger partial charge on any atom is -0.494 e. The molecule has 1 aromatic carbocycles. The normalized spacial score (nSPS) is 10.8. The highest BCUT2D eigenvalue weighted by Crippen LogP contribution is 2.19. The number of ether oxygens (including phenoxy) is 1. The average molecular weight is 276 g/mol. The standard InChI is InChI=1S/C13H16N4OS/c1-3-18-11-5-4-10(6-9(11)2)7-15-17-13-16-12(14)8-19-13/h4-8H,3,14H2,1-2H3,(H,16,17). The van der Waals surface area contributed by atoms with Crippen LogP contribution >= 0.6 is 11.3 Å². The Balaban J connectivity index is 2.00. The molecule has 2 aromatic rings. The molecule has 0 aliphatic heterocycles. The highest BCUT2D eigenvalue weighted by molar-refractivity contribution is 7.14. The lowest BCUT2D eigenvalue weighted by Crippen LogP contribution is -1.95. The summed E-state index contributed by atoms with van der Waals surface area (Å²) in [6, 6.07) is 5.92. The number of hydrazone groups is 1. The molecule has 0 radical (unpaired) electrons. The molecule has 5 nitrogen and oxygen atoms in total. The van der Waals surface area contributed by atoms with E-state index >= 15 is 0 Å². The number of nitrogen functional groups attached to an aromatic ring is 1. The molecule has 2 rings (SSSR count). The Morgan fingerprint density at radius 2 is 2.37 bits per heavy atom. The maximum Gasteiger partial charge on any atom is 0.205 e. The number of hydrogen-bond donors (Lipinski definition) is 2. The van der Waals surface area contributed by atoms with Crippen molar-refractivity contribution < 1.29 is 4.74 Å². The Morgan fingerprint density at radius 1 is 1.53 bits per heavy atom. The third kappa shape index (κ3) is 3.69. The number of nitrogens with two attached hydrogens (primary N) is 1. The van der Waals surface area contributed by atoms with Gasteiger partial charge < -0.3 is 10.5 Å². The van der Waals surface area contributed by atoms with Gasteiger partial charge in [0.1, 0.15) is 11.6 Å². The van der Waals surface area contributed by atoms with Crippen LogP contribution in [0.4, 0.5) is 10.9 Å². The number of aryl methyl sites for hydroxylation is 1. The number of hydrogen-bond acceptors (Lipinski definition) is 6. The fourth-order valence-electron chi connectivity index (χ4n) is 1.57. The fraction of sp³-hybridized carbons (Fsp3) is 0.231. The van der Waals surface area contributed by atoms with Crippen LogP contribution in [0, 0.1) is 6.92 Å². The smallest absolute Gasteiger partial charge is 0.205 e. The molecule has 0 fully saturated rings. The molecule has 0 aliphatic carbocycles. The van der Waals surface area contributed by atoms with Gasteiger partial charge in [-0.3, -0.25) is 5.43 Å². The van der Waals surface area contributed by atoms with Gasteiger partial charge >= 0.3 is 0 Å². The van der Waals surface area contributed by atoms with E-state index in [0.717, 1.165) is 16.9 Å². The van der Waals surface area contributed by atoms with Gasteiger partial charge in [0.2, 0.25) is 5.13 Å². The van der Waals surface area contributed by atoms with Crippen LogP contribution in [0.5, 0.6) is 5.75 Å². The first-order valence-electron chi connectivity index (χ1n) is 5.92. The Hall–Kier alpha value is -2.08. The van der Waals surface area contributed by atoms with E-state index in [0.29, 0.717) is 17.6 Å². The summed E-state index contributed by atoms with van der Waals surface area (Å²) in [5.41, 5.74) is 10.4. The second-order valence-corrected chi connectivity index (χ2v) is 4.76. The van der Waals surface area contributed by atoms with Crippen molar-refractivity contribution >= 4 is 28.5 Å². The van der Waals surface area contributed by atoms with E-state index in [1.54, 1.807) is 11.6 Å². The third-order valence-corrected chi connectivity index (χ3v) is 3.16. The molecule has 1 heterocycles. The van der Waals surface area contributed by atoms with Crippen LogP contribution in [-0.4, -0.2) is 17.8 Å². The fourth-order valence-corrected chi connectivity index (χ4v) is 2.12. The number of anilines is 2. The lowest BCUT2D eigenvalue weighted by atomic mass is 10.1. The number of rotatable bonds is 5. The number of aromatic nitrogens is 1. The molecule has 0 atom stereocenters. The first kappa shape index (κ1) is 13.4. The maximum absolute atomic E-state index is 5.52. The van der Waals surface area contributed by atoms with Gasteiger partial charge in [-0.25, -0.2) is 4.98 Å². The summed E-state index contributed by atoms with van der Waals surface area (Å²) in [7, 11) is 0. The molecular formula is C13H16N4OS.